The first-order valence-corrected chi connectivity index (χ1v) is 7.50. The second-order valence-electron chi connectivity index (χ2n) is 4.77. The largest absolute Gasteiger partial charge is 0.456 e. The Morgan fingerprint density at radius 1 is 1.19 bits per heavy atom. The molecular weight excluding hydrogens is 290 g/mol. The lowest BCUT2D eigenvalue weighted by Gasteiger charge is -2.15. The van der Waals surface area contributed by atoms with Crippen LogP contribution in [0, 0.1) is 0 Å². The molecule has 1 unspecified atom stereocenters. The van der Waals surface area contributed by atoms with Gasteiger partial charge in [-0.3, -0.25) is 9.59 Å². The zero-order valence-corrected chi connectivity index (χ0v) is 13.2. The van der Waals surface area contributed by atoms with Crippen molar-refractivity contribution in [2.75, 3.05) is 14.1 Å². The van der Waals surface area contributed by atoms with Crippen LogP contribution in [0.25, 0.3) is 0 Å². The summed E-state index contributed by atoms with van der Waals surface area (Å²) in [6, 6.07) is 9.38. The minimum atomic E-state index is -0.907. The van der Waals surface area contributed by atoms with E-state index in [2.05, 4.69) is 0 Å². The Morgan fingerprint density at radius 2 is 1.81 bits per heavy atom. The molecular formula is C15H19NO4S. The first-order chi connectivity index (χ1) is 9.90. The van der Waals surface area contributed by atoms with Crippen molar-refractivity contribution in [1.82, 2.24) is 4.90 Å². The minimum absolute atomic E-state index is 0.0649. The molecule has 1 aromatic rings. The number of thioether (sulfide) groups is 1. The first kappa shape index (κ1) is 17.2. The summed E-state index contributed by atoms with van der Waals surface area (Å²) < 4.78 is 4.96. The van der Waals surface area contributed by atoms with E-state index in [1.54, 1.807) is 21.0 Å². The molecule has 1 amide bonds. The third kappa shape index (κ3) is 6.44. The summed E-state index contributed by atoms with van der Waals surface area (Å²) in [5.41, 5.74) is 0.958. The van der Waals surface area contributed by atoms with E-state index in [0.29, 0.717) is 5.75 Å². The Morgan fingerprint density at radius 3 is 2.38 bits per heavy atom. The van der Waals surface area contributed by atoms with E-state index in [1.165, 1.54) is 4.90 Å². The van der Waals surface area contributed by atoms with Crippen molar-refractivity contribution >= 4 is 28.8 Å². The number of carbonyl (C=O) groups is 3. The van der Waals surface area contributed by atoms with Crippen LogP contribution in [0.2, 0.25) is 0 Å². The molecule has 0 aromatic heterocycles. The number of rotatable bonds is 5. The highest BCUT2D eigenvalue weighted by Crippen LogP contribution is 2.14. The molecule has 0 saturated carbocycles. The SMILES string of the molecule is CC(CC(=O)N(C)C)OC(=O)C(=O)SCc1ccccc1. The molecule has 1 atom stereocenters. The lowest BCUT2D eigenvalue weighted by Crippen LogP contribution is -2.29. The van der Waals surface area contributed by atoms with E-state index < -0.39 is 17.2 Å². The van der Waals surface area contributed by atoms with Gasteiger partial charge in [0, 0.05) is 19.8 Å². The zero-order valence-electron chi connectivity index (χ0n) is 12.4. The maximum absolute atomic E-state index is 11.7. The average Bonchev–Trinajstić information content (AvgIpc) is 2.45. The van der Waals surface area contributed by atoms with Crippen LogP contribution < -0.4 is 0 Å². The van der Waals surface area contributed by atoms with Gasteiger partial charge >= 0.3 is 5.97 Å². The van der Waals surface area contributed by atoms with Crippen LogP contribution in [-0.4, -0.2) is 42.1 Å². The predicted octanol–water partition coefficient (Wildman–Crippen LogP) is 1.86. The van der Waals surface area contributed by atoms with Crippen molar-refractivity contribution in [3.05, 3.63) is 35.9 Å². The smallest absolute Gasteiger partial charge is 0.386 e. The summed E-state index contributed by atoms with van der Waals surface area (Å²) in [6.45, 7) is 1.59. The molecule has 5 nitrogen and oxygen atoms in total. The highest BCUT2D eigenvalue weighted by atomic mass is 32.2. The number of esters is 1. The Labute approximate surface area is 128 Å². The molecule has 0 aliphatic heterocycles. The Hall–Kier alpha value is -1.82. The fraction of sp³-hybridized carbons (Fsp3) is 0.400. The normalized spacial score (nSPS) is 11.6. The first-order valence-electron chi connectivity index (χ1n) is 6.52. The second-order valence-corrected chi connectivity index (χ2v) is 5.72. The van der Waals surface area contributed by atoms with Gasteiger partial charge in [0.15, 0.2) is 0 Å². The Bertz CT molecular complexity index is 502. The molecule has 0 aliphatic carbocycles. The molecule has 0 bridgehead atoms. The van der Waals surface area contributed by atoms with Gasteiger partial charge in [-0.15, -0.1) is 0 Å². The van der Waals surface area contributed by atoms with Gasteiger partial charge in [-0.2, -0.15) is 0 Å². The van der Waals surface area contributed by atoms with Gasteiger partial charge in [0.05, 0.1) is 6.42 Å². The van der Waals surface area contributed by atoms with Crippen molar-refractivity contribution in [3.63, 3.8) is 0 Å². The van der Waals surface area contributed by atoms with Gasteiger partial charge in [-0.05, 0) is 12.5 Å². The molecule has 1 aromatic carbocycles. The van der Waals surface area contributed by atoms with Crippen molar-refractivity contribution in [2.24, 2.45) is 0 Å². The number of carbonyl (C=O) groups excluding carboxylic acids is 3. The van der Waals surface area contributed by atoms with E-state index in [4.69, 9.17) is 4.74 Å². The van der Waals surface area contributed by atoms with Gasteiger partial charge in [-0.1, -0.05) is 42.1 Å². The van der Waals surface area contributed by atoms with Crippen LogP contribution in [0.3, 0.4) is 0 Å². The maximum atomic E-state index is 11.7. The van der Waals surface area contributed by atoms with E-state index in [-0.39, 0.29) is 12.3 Å². The van der Waals surface area contributed by atoms with Crippen LogP contribution in [0.5, 0.6) is 0 Å². The molecule has 21 heavy (non-hydrogen) atoms. The number of benzene rings is 1. The number of nitrogens with zero attached hydrogens (tertiary/aromatic N) is 1. The minimum Gasteiger partial charge on any atom is -0.456 e. The third-order valence-electron chi connectivity index (χ3n) is 2.65. The average molecular weight is 309 g/mol. The highest BCUT2D eigenvalue weighted by molar-refractivity contribution is 8.14. The summed E-state index contributed by atoms with van der Waals surface area (Å²) >= 11 is 0.896. The molecule has 0 fully saturated rings. The van der Waals surface area contributed by atoms with Crippen molar-refractivity contribution in [1.29, 1.82) is 0 Å². The molecule has 0 saturated heterocycles. The van der Waals surface area contributed by atoms with Crippen molar-refractivity contribution in [2.45, 2.75) is 25.2 Å². The molecule has 0 spiro atoms. The number of hydrogen-bond donors (Lipinski definition) is 0. The zero-order chi connectivity index (χ0) is 15.8. The standard InChI is InChI=1S/C15H19NO4S/c1-11(9-13(17)16(2)3)20-14(18)15(19)21-10-12-7-5-4-6-8-12/h4-8,11H,9-10H2,1-3H3. The van der Waals surface area contributed by atoms with Gasteiger partial charge in [0.25, 0.3) is 5.12 Å². The van der Waals surface area contributed by atoms with Crippen LogP contribution in [0.1, 0.15) is 18.9 Å². The van der Waals surface area contributed by atoms with Gasteiger partial charge in [0.2, 0.25) is 5.91 Å². The molecule has 0 radical (unpaired) electrons. The lowest BCUT2D eigenvalue weighted by molar-refractivity contribution is -0.155. The van der Waals surface area contributed by atoms with E-state index in [9.17, 15) is 14.4 Å². The third-order valence-corrected chi connectivity index (χ3v) is 3.56. The summed E-state index contributed by atoms with van der Waals surface area (Å²) in [7, 11) is 3.25. The fourth-order valence-corrected chi connectivity index (χ4v) is 2.14. The Kier molecular flexibility index (Phi) is 6.94. The Balaban J connectivity index is 2.37. The van der Waals surface area contributed by atoms with Crippen LogP contribution in [-0.2, 0) is 24.9 Å². The number of ether oxygens (including phenoxy) is 1. The van der Waals surface area contributed by atoms with Gasteiger partial charge in [-0.25, -0.2) is 4.79 Å². The summed E-state index contributed by atoms with van der Waals surface area (Å²) in [5, 5.41) is -0.650. The molecule has 6 heteroatoms. The monoisotopic (exact) mass is 309 g/mol. The quantitative estimate of drug-likeness (QED) is 0.613. The molecule has 0 heterocycles. The number of amides is 1. The van der Waals surface area contributed by atoms with E-state index >= 15 is 0 Å². The summed E-state index contributed by atoms with van der Waals surface area (Å²) in [6.07, 6.45) is -0.552. The van der Waals surface area contributed by atoms with E-state index in [0.717, 1.165) is 17.3 Å². The number of hydrogen-bond acceptors (Lipinski definition) is 5. The van der Waals surface area contributed by atoms with Crippen molar-refractivity contribution in [3.8, 4) is 0 Å². The lowest BCUT2D eigenvalue weighted by atomic mass is 10.2. The summed E-state index contributed by atoms with van der Waals surface area (Å²) in [5.74, 6) is -0.644. The predicted molar refractivity (Wildman–Crippen MR) is 81.6 cm³/mol. The van der Waals surface area contributed by atoms with Crippen LogP contribution in [0.15, 0.2) is 30.3 Å². The van der Waals surface area contributed by atoms with Gasteiger partial charge in [0.1, 0.15) is 6.10 Å². The second kappa shape index (κ2) is 8.46. The van der Waals surface area contributed by atoms with Crippen LogP contribution in [0.4, 0.5) is 0 Å². The van der Waals surface area contributed by atoms with Crippen molar-refractivity contribution < 1.29 is 19.1 Å². The molecule has 1 rings (SSSR count). The highest BCUT2D eigenvalue weighted by Gasteiger charge is 2.21. The maximum Gasteiger partial charge on any atom is 0.386 e. The van der Waals surface area contributed by atoms with Gasteiger partial charge < -0.3 is 9.64 Å². The topological polar surface area (TPSA) is 63.7 Å². The fourth-order valence-electron chi connectivity index (χ4n) is 1.48. The molecule has 0 N–H and O–H groups in total. The summed E-state index contributed by atoms with van der Waals surface area (Å²) in [4.78, 5) is 36.1. The van der Waals surface area contributed by atoms with E-state index in [1.807, 2.05) is 30.3 Å². The molecule has 0 aliphatic rings. The van der Waals surface area contributed by atoms with Crippen LogP contribution >= 0.6 is 11.8 Å². The molecule has 114 valence electrons.